The standard InChI is InChI=1S/C21H32N6O2/c1-15(2)27-14-23-25-20(27)9-10-22-21(28)24-19-8-6-5-7-18(19)13-26-11-16(3)29-17(4)12-26/h5-8,14-17H,9-13H2,1-4H3,(H2,22,24,28)/t16-,17-/m1/s1. The van der Waals surface area contributed by atoms with E-state index in [0.29, 0.717) is 19.0 Å². The lowest BCUT2D eigenvalue weighted by molar-refractivity contribution is -0.0704. The van der Waals surface area contributed by atoms with Crippen LogP contribution in [0.3, 0.4) is 0 Å². The van der Waals surface area contributed by atoms with Gasteiger partial charge in [0, 0.05) is 44.3 Å². The van der Waals surface area contributed by atoms with Crippen molar-refractivity contribution in [3.8, 4) is 0 Å². The van der Waals surface area contributed by atoms with Crippen LogP contribution in [0.15, 0.2) is 30.6 Å². The van der Waals surface area contributed by atoms with Gasteiger partial charge < -0.3 is 19.9 Å². The predicted octanol–water partition coefficient (Wildman–Crippen LogP) is 2.83. The molecule has 0 bridgehead atoms. The molecule has 2 heterocycles. The van der Waals surface area contributed by atoms with Gasteiger partial charge in [0.05, 0.1) is 12.2 Å². The summed E-state index contributed by atoms with van der Waals surface area (Å²) in [7, 11) is 0. The number of para-hydroxylation sites is 1. The maximum atomic E-state index is 12.4. The molecule has 1 aromatic heterocycles. The largest absolute Gasteiger partial charge is 0.373 e. The smallest absolute Gasteiger partial charge is 0.319 e. The molecule has 2 aromatic rings. The van der Waals surface area contributed by atoms with E-state index in [2.05, 4.69) is 59.5 Å². The van der Waals surface area contributed by atoms with E-state index in [1.54, 1.807) is 6.33 Å². The third-order valence-corrected chi connectivity index (χ3v) is 4.99. The van der Waals surface area contributed by atoms with E-state index in [0.717, 1.165) is 36.7 Å². The van der Waals surface area contributed by atoms with E-state index >= 15 is 0 Å². The number of benzene rings is 1. The molecule has 8 nitrogen and oxygen atoms in total. The van der Waals surface area contributed by atoms with Crippen molar-refractivity contribution in [2.45, 2.75) is 58.9 Å². The molecule has 2 atom stereocenters. The van der Waals surface area contributed by atoms with E-state index in [-0.39, 0.29) is 18.2 Å². The SMILES string of the molecule is CC(C)n1cnnc1CCNC(=O)Nc1ccccc1CN1C[C@@H](C)O[C@H](C)C1. The molecule has 0 aliphatic carbocycles. The van der Waals surface area contributed by atoms with Gasteiger partial charge >= 0.3 is 6.03 Å². The van der Waals surface area contributed by atoms with Crippen LogP contribution in [-0.2, 0) is 17.7 Å². The number of amides is 2. The number of morpholine rings is 1. The molecule has 1 aromatic carbocycles. The summed E-state index contributed by atoms with van der Waals surface area (Å²) in [5.74, 6) is 0.872. The average molecular weight is 401 g/mol. The minimum atomic E-state index is -0.211. The van der Waals surface area contributed by atoms with Crippen molar-refractivity contribution in [3.63, 3.8) is 0 Å². The maximum Gasteiger partial charge on any atom is 0.319 e. The zero-order valence-corrected chi connectivity index (χ0v) is 17.8. The number of rotatable bonds is 7. The van der Waals surface area contributed by atoms with Gasteiger partial charge in [0.25, 0.3) is 0 Å². The zero-order valence-electron chi connectivity index (χ0n) is 17.8. The van der Waals surface area contributed by atoms with Crippen LogP contribution in [0.1, 0.15) is 45.1 Å². The lowest BCUT2D eigenvalue weighted by Crippen LogP contribution is -2.45. The number of anilines is 1. The number of nitrogens with one attached hydrogen (secondary N) is 2. The molecule has 3 rings (SSSR count). The molecule has 0 saturated carbocycles. The van der Waals surface area contributed by atoms with Gasteiger partial charge in [0.15, 0.2) is 0 Å². The summed E-state index contributed by atoms with van der Waals surface area (Å²) in [4.78, 5) is 14.8. The highest BCUT2D eigenvalue weighted by atomic mass is 16.5. The fourth-order valence-electron chi connectivity index (χ4n) is 3.77. The summed E-state index contributed by atoms with van der Waals surface area (Å²) in [6, 6.07) is 8.03. The Morgan fingerprint density at radius 1 is 1.24 bits per heavy atom. The minimum absolute atomic E-state index is 0.211. The first-order chi connectivity index (χ1) is 13.9. The highest BCUT2D eigenvalue weighted by molar-refractivity contribution is 5.90. The topological polar surface area (TPSA) is 84.3 Å². The van der Waals surface area contributed by atoms with Gasteiger partial charge in [-0.05, 0) is 39.3 Å². The Balaban J connectivity index is 1.53. The number of ether oxygens (including phenoxy) is 1. The van der Waals surface area contributed by atoms with Crippen LogP contribution in [0.5, 0.6) is 0 Å². The molecule has 0 spiro atoms. The summed E-state index contributed by atoms with van der Waals surface area (Å²) in [6.45, 7) is 11.4. The number of hydrogen-bond donors (Lipinski definition) is 2. The molecule has 29 heavy (non-hydrogen) atoms. The number of carbonyl (C=O) groups excluding carboxylic acids is 1. The summed E-state index contributed by atoms with van der Waals surface area (Å²) >= 11 is 0. The van der Waals surface area contributed by atoms with Crippen LogP contribution >= 0.6 is 0 Å². The van der Waals surface area contributed by atoms with E-state index < -0.39 is 0 Å². The van der Waals surface area contributed by atoms with Gasteiger partial charge in [-0.15, -0.1) is 10.2 Å². The number of aromatic nitrogens is 3. The second kappa shape index (κ2) is 9.84. The lowest BCUT2D eigenvalue weighted by atomic mass is 10.1. The van der Waals surface area contributed by atoms with Crippen molar-refractivity contribution in [1.29, 1.82) is 0 Å². The molecule has 1 saturated heterocycles. The van der Waals surface area contributed by atoms with Gasteiger partial charge in [-0.3, -0.25) is 4.90 Å². The fourth-order valence-corrected chi connectivity index (χ4v) is 3.77. The minimum Gasteiger partial charge on any atom is -0.373 e. The fraction of sp³-hybridized carbons (Fsp3) is 0.571. The Hall–Kier alpha value is -2.45. The van der Waals surface area contributed by atoms with Gasteiger partial charge in [-0.25, -0.2) is 4.79 Å². The Labute approximate surface area is 172 Å². The lowest BCUT2D eigenvalue weighted by Gasteiger charge is -2.35. The predicted molar refractivity (Wildman–Crippen MR) is 113 cm³/mol. The molecule has 0 unspecified atom stereocenters. The molecule has 158 valence electrons. The van der Waals surface area contributed by atoms with Crippen molar-refractivity contribution in [3.05, 3.63) is 42.0 Å². The quantitative estimate of drug-likeness (QED) is 0.747. The first-order valence-electron chi connectivity index (χ1n) is 10.3. The van der Waals surface area contributed by atoms with Crippen LogP contribution < -0.4 is 10.6 Å². The number of nitrogens with zero attached hydrogens (tertiary/aromatic N) is 4. The van der Waals surface area contributed by atoms with E-state index in [1.165, 1.54) is 0 Å². The molecule has 1 fully saturated rings. The molecular formula is C21H32N6O2. The molecule has 1 aliphatic heterocycles. The summed E-state index contributed by atoms with van der Waals surface area (Å²) < 4.78 is 7.83. The number of hydrogen-bond acceptors (Lipinski definition) is 5. The molecular weight excluding hydrogens is 368 g/mol. The Morgan fingerprint density at radius 3 is 2.69 bits per heavy atom. The van der Waals surface area contributed by atoms with Crippen LogP contribution in [-0.4, -0.2) is 57.5 Å². The highest BCUT2D eigenvalue weighted by Crippen LogP contribution is 2.20. The average Bonchev–Trinajstić information content (AvgIpc) is 3.11. The highest BCUT2D eigenvalue weighted by Gasteiger charge is 2.22. The van der Waals surface area contributed by atoms with Gasteiger partial charge in [-0.1, -0.05) is 18.2 Å². The van der Waals surface area contributed by atoms with Crippen LogP contribution in [0, 0.1) is 0 Å². The van der Waals surface area contributed by atoms with E-state index in [9.17, 15) is 4.79 Å². The van der Waals surface area contributed by atoms with Crippen molar-refractivity contribution in [2.75, 3.05) is 25.0 Å². The molecule has 8 heteroatoms. The molecule has 2 amide bonds. The Kier molecular flexibility index (Phi) is 7.22. The van der Waals surface area contributed by atoms with E-state index in [4.69, 9.17) is 4.74 Å². The molecule has 1 aliphatic rings. The van der Waals surface area contributed by atoms with Gasteiger partial charge in [0.2, 0.25) is 0 Å². The van der Waals surface area contributed by atoms with Crippen molar-refractivity contribution in [2.24, 2.45) is 0 Å². The second-order valence-electron chi connectivity index (χ2n) is 7.99. The van der Waals surface area contributed by atoms with Gasteiger partial charge in [-0.2, -0.15) is 0 Å². The summed E-state index contributed by atoms with van der Waals surface area (Å²) in [5.41, 5.74) is 1.94. The first kappa shape index (κ1) is 21.3. The zero-order chi connectivity index (χ0) is 20.8. The Morgan fingerprint density at radius 2 is 1.97 bits per heavy atom. The Bertz CT molecular complexity index is 796. The monoisotopic (exact) mass is 400 g/mol. The maximum absolute atomic E-state index is 12.4. The van der Waals surface area contributed by atoms with E-state index in [1.807, 2.05) is 22.8 Å². The van der Waals surface area contributed by atoms with Crippen LogP contribution in [0.4, 0.5) is 10.5 Å². The van der Waals surface area contributed by atoms with Crippen LogP contribution in [0.25, 0.3) is 0 Å². The second-order valence-corrected chi connectivity index (χ2v) is 7.99. The van der Waals surface area contributed by atoms with Gasteiger partial charge in [0.1, 0.15) is 12.2 Å². The third-order valence-electron chi connectivity index (χ3n) is 4.99. The molecule has 2 N–H and O–H groups in total. The third kappa shape index (κ3) is 6.01. The van der Waals surface area contributed by atoms with Crippen molar-refractivity contribution >= 4 is 11.7 Å². The van der Waals surface area contributed by atoms with Crippen molar-refractivity contribution < 1.29 is 9.53 Å². The molecule has 0 radical (unpaired) electrons. The number of carbonyl (C=O) groups is 1. The normalized spacial score (nSPS) is 20.0. The van der Waals surface area contributed by atoms with Crippen LogP contribution in [0.2, 0.25) is 0 Å². The first-order valence-corrected chi connectivity index (χ1v) is 10.3. The number of urea groups is 1. The van der Waals surface area contributed by atoms with Crippen molar-refractivity contribution in [1.82, 2.24) is 25.0 Å². The summed E-state index contributed by atoms with van der Waals surface area (Å²) in [6.07, 6.45) is 2.80. The summed E-state index contributed by atoms with van der Waals surface area (Å²) in [5, 5.41) is 14.0.